The Balaban J connectivity index is 2.38. The molecule has 1 aliphatic carbocycles. The van der Waals surface area contributed by atoms with Gasteiger partial charge in [0.05, 0.1) is 11.6 Å². The van der Waals surface area contributed by atoms with Crippen molar-refractivity contribution >= 4 is 5.91 Å². The summed E-state index contributed by atoms with van der Waals surface area (Å²) >= 11 is 0. The van der Waals surface area contributed by atoms with Crippen LogP contribution in [0, 0.1) is 5.92 Å². The Morgan fingerprint density at radius 3 is 2.80 bits per heavy atom. The van der Waals surface area contributed by atoms with E-state index in [1.807, 2.05) is 13.8 Å². The summed E-state index contributed by atoms with van der Waals surface area (Å²) in [6, 6.07) is 0. The Morgan fingerprint density at radius 1 is 1.67 bits per heavy atom. The van der Waals surface area contributed by atoms with E-state index in [0.29, 0.717) is 12.3 Å². The van der Waals surface area contributed by atoms with Crippen LogP contribution < -0.4 is 5.32 Å². The van der Waals surface area contributed by atoms with E-state index in [2.05, 4.69) is 17.5 Å². The molecule has 1 rings (SSSR count). The van der Waals surface area contributed by atoms with Gasteiger partial charge < -0.3 is 10.4 Å². The van der Waals surface area contributed by atoms with Crippen LogP contribution in [0.2, 0.25) is 0 Å². The van der Waals surface area contributed by atoms with E-state index in [9.17, 15) is 9.90 Å². The van der Waals surface area contributed by atoms with Crippen molar-refractivity contribution in [3.63, 3.8) is 0 Å². The highest BCUT2D eigenvalue weighted by Gasteiger charge is 2.26. The van der Waals surface area contributed by atoms with Crippen LogP contribution in [0.5, 0.6) is 0 Å². The van der Waals surface area contributed by atoms with Crippen molar-refractivity contribution in [3.8, 4) is 0 Å². The second-order valence-corrected chi connectivity index (χ2v) is 4.92. The first-order valence-electron chi connectivity index (χ1n) is 5.57. The number of nitrogens with one attached hydrogen (secondary N) is 1. The Labute approximate surface area is 91.6 Å². The number of aliphatic hydroxyl groups is 1. The van der Waals surface area contributed by atoms with Gasteiger partial charge in [0.1, 0.15) is 0 Å². The summed E-state index contributed by atoms with van der Waals surface area (Å²) in [5, 5.41) is 12.3. The normalized spacial score (nSPS) is 22.8. The first-order valence-corrected chi connectivity index (χ1v) is 5.57. The molecule has 0 bridgehead atoms. The molecule has 0 heterocycles. The number of carbonyl (C=O) groups is 1. The van der Waals surface area contributed by atoms with Crippen molar-refractivity contribution in [2.75, 3.05) is 0 Å². The smallest absolute Gasteiger partial charge is 0.221 e. The minimum Gasteiger partial charge on any atom is -0.391 e. The zero-order chi connectivity index (χ0) is 11.5. The van der Waals surface area contributed by atoms with Crippen LogP contribution in [0.4, 0.5) is 0 Å². The SMILES string of the molecule is CC(O)C(C)(C)NC(=O)CC1C=CCC1. The number of allylic oxidation sites excluding steroid dienone is 2. The van der Waals surface area contributed by atoms with E-state index in [-0.39, 0.29) is 5.91 Å². The summed E-state index contributed by atoms with van der Waals surface area (Å²) in [6.07, 6.45) is 6.38. The van der Waals surface area contributed by atoms with Crippen molar-refractivity contribution in [2.24, 2.45) is 5.92 Å². The van der Waals surface area contributed by atoms with Gasteiger partial charge in [0.2, 0.25) is 5.91 Å². The summed E-state index contributed by atoms with van der Waals surface area (Å²) in [6.45, 7) is 5.36. The molecule has 3 nitrogen and oxygen atoms in total. The van der Waals surface area contributed by atoms with Crippen LogP contribution >= 0.6 is 0 Å². The molecule has 1 aliphatic rings. The van der Waals surface area contributed by atoms with Crippen LogP contribution in [0.3, 0.4) is 0 Å². The quantitative estimate of drug-likeness (QED) is 0.694. The number of hydrogen-bond acceptors (Lipinski definition) is 2. The molecule has 0 saturated carbocycles. The van der Waals surface area contributed by atoms with Crippen molar-refractivity contribution in [1.82, 2.24) is 5.32 Å². The molecule has 0 aliphatic heterocycles. The monoisotopic (exact) mass is 211 g/mol. The van der Waals surface area contributed by atoms with Crippen LogP contribution in [-0.2, 0) is 4.79 Å². The molecular formula is C12H21NO2. The number of amides is 1. The predicted octanol–water partition coefficient (Wildman–Crippen LogP) is 1.62. The van der Waals surface area contributed by atoms with Gasteiger partial charge in [0, 0.05) is 6.42 Å². The van der Waals surface area contributed by atoms with Crippen molar-refractivity contribution in [3.05, 3.63) is 12.2 Å². The Morgan fingerprint density at radius 2 is 2.33 bits per heavy atom. The van der Waals surface area contributed by atoms with Crippen molar-refractivity contribution < 1.29 is 9.90 Å². The van der Waals surface area contributed by atoms with Crippen molar-refractivity contribution in [1.29, 1.82) is 0 Å². The average molecular weight is 211 g/mol. The number of hydrogen-bond donors (Lipinski definition) is 2. The molecule has 0 saturated heterocycles. The molecule has 0 radical (unpaired) electrons. The molecule has 0 aromatic rings. The van der Waals surface area contributed by atoms with E-state index >= 15 is 0 Å². The molecule has 2 atom stereocenters. The van der Waals surface area contributed by atoms with Gasteiger partial charge in [-0.1, -0.05) is 12.2 Å². The fourth-order valence-electron chi connectivity index (χ4n) is 1.62. The van der Waals surface area contributed by atoms with E-state index < -0.39 is 11.6 Å². The molecule has 0 fully saturated rings. The van der Waals surface area contributed by atoms with E-state index in [4.69, 9.17) is 0 Å². The van der Waals surface area contributed by atoms with Crippen LogP contribution in [0.25, 0.3) is 0 Å². The number of rotatable bonds is 4. The highest BCUT2D eigenvalue weighted by molar-refractivity contribution is 5.77. The molecule has 2 N–H and O–H groups in total. The maximum absolute atomic E-state index is 11.7. The van der Waals surface area contributed by atoms with E-state index in [0.717, 1.165) is 12.8 Å². The highest BCUT2D eigenvalue weighted by Crippen LogP contribution is 2.20. The lowest BCUT2D eigenvalue weighted by Crippen LogP contribution is -2.51. The average Bonchev–Trinajstić information content (AvgIpc) is 2.54. The minimum absolute atomic E-state index is 0.0254. The largest absolute Gasteiger partial charge is 0.391 e. The molecule has 0 spiro atoms. The van der Waals surface area contributed by atoms with Crippen molar-refractivity contribution in [2.45, 2.75) is 51.7 Å². The second-order valence-electron chi connectivity index (χ2n) is 4.92. The molecule has 0 aromatic heterocycles. The minimum atomic E-state index is -0.542. The fraction of sp³-hybridized carbons (Fsp3) is 0.750. The summed E-state index contributed by atoms with van der Waals surface area (Å²) < 4.78 is 0. The first-order chi connectivity index (χ1) is 6.92. The Kier molecular flexibility index (Phi) is 3.91. The summed E-state index contributed by atoms with van der Waals surface area (Å²) in [7, 11) is 0. The lowest BCUT2D eigenvalue weighted by molar-refractivity contribution is -0.124. The second kappa shape index (κ2) is 4.79. The third-order valence-electron chi connectivity index (χ3n) is 3.07. The van der Waals surface area contributed by atoms with Crippen LogP contribution in [0.1, 0.15) is 40.0 Å². The van der Waals surface area contributed by atoms with Gasteiger partial charge in [0.15, 0.2) is 0 Å². The highest BCUT2D eigenvalue weighted by atomic mass is 16.3. The molecule has 3 heteroatoms. The van der Waals surface area contributed by atoms with Gasteiger partial charge in [-0.2, -0.15) is 0 Å². The van der Waals surface area contributed by atoms with Crippen LogP contribution in [0.15, 0.2) is 12.2 Å². The summed E-state index contributed by atoms with van der Waals surface area (Å²) in [5.41, 5.74) is -0.542. The molecule has 0 aromatic carbocycles. The zero-order valence-electron chi connectivity index (χ0n) is 9.79. The Hall–Kier alpha value is -0.830. The topological polar surface area (TPSA) is 49.3 Å². The predicted molar refractivity (Wildman–Crippen MR) is 60.4 cm³/mol. The maximum Gasteiger partial charge on any atom is 0.221 e. The third kappa shape index (κ3) is 3.67. The number of aliphatic hydroxyl groups excluding tert-OH is 1. The van der Waals surface area contributed by atoms with E-state index in [1.54, 1.807) is 6.92 Å². The fourth-order valence-corrected chi connectivity index (χ4v) is 1.62. The van der Waals surface area contributed by atoms with E-state index in [1.165, 1.54) is 0 Å². The van der Waals surface area contributed by atoms with Gasteiger partial charge in [-0.15, -0.1) is 0 Å². The van der Waals surface area contributed by atoms with Gasteiger partial charge in [-0.3, -0.25) is 4.79 Å². The zero-order valence-corrected chi connectivity index (χ0v) is 9.79. The lowest BCUT2D eigenvalue weighted by atomic mass is 9.97. The first kappa shape index (κ1) is 12.2. The lowest BCUT2D eigenvalue weighted by Gasteiger charge is -2.29. The summed E-state index contributed by atoms with van der Waals surface area (Å²) in [4.78, 5) is 11.7. The van der Waals surface area contributed by atoms with Gasteiger partial charge in [0.25, 0.3) is 0 Å². The number of carbonyl (C=O) groups excluding carboxylic acids is 1. The van der Waals surface area contributed by atoms with Crippen LogP contribution in [-0.4, -0.2) is 22.7 Å². The molecular weight excluding hydrogens is 190 g/mol. The van der Waals surface area contributed by atoms with Gasteiger partial charge in [-0.25, -0.2) is 0 Å². The van der Waals surface area contributed by atoms with Gasteiger partial charge in [-0.05, 0) is 39.5 Å². The molecule has 2 unspecified atom stereocenters. The third-order valence-corrected chi connectivity index (χ3v) is 3.07. The summed E-state index contributed by atoms with van der Waals surface area (Å²) in [5.74, 6) is 0.409. The maximum atomic E-state index is 11.7. The molecule has 15 heavy (non-hydrogen) atoms. The molecule has 1 amide bonds. The Bertz CT molecular complexity index is 256. The molecule has 86 valence electrons. The standard InChI is InChI=1S/C12H21NO2/c1-9(14)12(2,3)13-11(15)8-10-6-4-5-7-10/h4,6,9-10,14H,5,7-8H2,1-3H3,(H,13,15). The van der Waals surface area contributed by atoms with Gasteiger partial charge >= 0.3 is 0 Å².